The van der Waals surface area contributed by atoms with Gasteiger partial charge in [-0.15, -0.1) is 15.2 Å². The molecule has 12 nitrogen and oxygen atoms in total. The highest BCUT2D eigenvalue weighted by Crippen LogP contribution is 2.47. The van der Waals surface area contributed by atoms with E-state index in [1.807, 2.05) is 0 Å². The van der Waals surface area contributed by atoms with E-state index < -0.39 is 44.0 Å². The molecule has 6 rings (SSSR count). The number of hydroxylamine groups is 6. The number of fused-ring (bicyclic) bond motifs is 3. The molecule has 6 amide bonds. The minimum absolute atomic E-state index is 0.0314. The smallest absolute Gasteiger partial charge is 0.266 e. The van der Waals surface area contributed by atoms with Crippen LogP contribution in [0.3, 0.4) is 0 Å². The van der Waals surface area contributed by atoms with Gasteiger partial charge in [0.05, 0.1) is 33.4 Å². The van der Waals surface area contributed by atoms with Crippen LogP contribution in [-0.2, 0) is 13.9 Å². The van der Waals surface area contributed by atoms with Gasteiger partial charge < -0.3 is 0 Å². The molecule has 3 aromatic rings. The Balaban J connectivity index is 1.31. The van der Waals surface area contributed by atoms with E-state index in [9.17, 15) is 28.8 Å². The van der Waals surface area contributed by atoms with Crippen molar-refractivity contribution in [1.29, 1.82) is 0 Å². The molecule has 0 fully saturated rings. The van der Waals surface area contributed by atoms with Crippen molar-refractivity contribution in [3.05, 3.63) is 106 Å². The molecule has 0 radical (unpaired) electrons. The molecule has 0 aromatic heterocycles. The van der Waals surface area contributed by atoms with Gasteiger partial charge in [-0.3, -0.25) is 28.8 Å². The van der Waals surface area contributed by atoms with Gasteiger partial charge in [0.15, 0.2) is 0 Å². The van der Waals surface area contributed by atoms with E-state index in [0.29, 0.717) is 15.2 Å². The molecule has 0 saturated heterocycles. The topological polar surface area (TPSA) is 140 Å². The van der Waals surface area contributed by atoms with Gasteiger partial charge in [-0.1, -0.05) is 36.4 Å². The lowest BCUT2D eigenvalue weighted by Crippen LogP contribution is -2.35. The zero-order valence-corrected chi connectivity index (χ0v) is 19.3. The van der Waals surface area contributed by atoms with Gasteiger partial charge >= 0.3 is 8.60 Å². The van der Waals surface area contributed by atoms with Crippen LogP contribution in [0.5, 0.6) is 0 Å². The number of imide groups is 3. The minimum Gasteiger partial charge on any atom is -0.266 e. The lowest BCUT2D eigenvalue weighted by molar-refractivity contribution is -0.0950. The van der Waals surface area contributed by atoms with Crippen molar-refractivity contribution in [2.45, 2.75) is 0 Å². The second kappa shape index (κ2) is 8.50. The minimum atomic E-state index is -3.11. The standard InChI is InChI=1S/C24H12N3O9P/c28-19-13-7-1-2-8-14(13)20(29)25(19)34-37(35-26-21(30)15-9-3-4-10-16(15)22(26)31)36-27-23(32)17-11-5-6-12-18(17)24(27)33/h1-12H. The summed E-state index contributed by atoms with van der Waals surface area (Å²) in [5.74, 6) is -5.22. The Morgan fingerprint density at radius 2 is 0.568 bits per heavy atom. The Hall–Kier alpha value is -4.61. The van der Waals surface area contributed by atoms with Gasteiger partial charge in [-0.05, 0) is 36.4 Å². The highest BCUT2D eigenvalue weighted by molar-refractivity contribution is 7.41. The largest absolute Gasteiger partial charge is 0.405 e. The van der Waals surface area contributed by atoms with Gasteiger partial charge in [0.25, 0.3) is 35.4 Å². The summed E-state index contributed by atoms with van der Waals surface area (Å²) in [5.41, 5.74) is 0.188. The molecular formula is C24H12N3O9P. The number of hydrogen-bond acceptors (Lipinski definition) is 9. The maximum absolute atomic E-state index is 12.8. The molecule has 0 saturated carbocycles. The zero-order chi connectivity index (χ0) is 25.8. The van der Waals surface area contributed by atoms with Crippen LogP contribution in [0.15, 0.2) is 72.8 Å². The Bertz CT molecular complexity index is 1280. The van der Waals surface area contributed by atoms with Gasteiger partial charge in [0.2, 0.25) is 0 Å². The molecule has 3 aliphatic heterocycles. The fraction of sp³-hybridized carbons (Fsp3) is 0. The van der Waals surface area contributed by atoms with E-state index in [2.05, 4.69) is 0 Å². The highest BCUT2D eigenvalue weighted by Gasteiger charge is 2.46. The molecule has 3 aliphatic rings. The summed E-state index contributed by atoms with van der Waals surface area (Å²) in [6, 6.07) is 17.7. The number of carbonyl (C=O) groups excluding carboxylic acids is 6. The summed E-state index contributed by atoms with van der Waals surface area (Å²) in [4.78, 5) is 76.9. The fourth-order valence-electron chi connectivity index (χ4n) is 3.97. The monoisotopic (exact) mass is 517 g/mol. The van der Waals surface area contributed by atoms with E-state index in [4.69, 9.17) is 13.9 Å². The second-order valence-corrected chi connectivity index (χ2v) is 8.76. The third kappa shape index (κ3) is 3.47. The van der Waals surface area contributed by atoms with Gasteiger partial charge in [0, 0.05) is 0 Å². The first-order valence-electron chi connectivity index (χ1n) is 10.6. The summed E-state index contributed by atoms with van der Waals surface area (Å²) < 4.78 is 16.2. The van der Waals surface area contributed by atoms with Crippen molar-refractivity contribution >= 4 is 44.0 Å². The SMILES string of the molecule is O=C1c2ccccc2C(=O)N1OP(ON1C(=O)c2ccccc2C1=O)ON1C(=O)c2ccccc2C1=O. The molecule has 0 N–H and O–H groups in total. The average Bonchev–Trinajstić information content (AvgIpc) is 3.42. The number of hydrogen-bond donors (Lipinski definition) is 0. The van der Waals surface area contributed by atoms with Crippen LogP contribution < -0.4 is 0 Å². The van der Waals surface area contributed by atoms with Crippen LogP contribution in [0.2, 0.25) is 0 Å². The van der Waals surface area contributed by atoms with E-state index in [-0.39, 0.29) is 33.4 Å². The molecule has 3 aromatic carbocycles. The lowest BCUT2D eigenvalue weighted by atomic mass is 10.1. The zero-order valence-electron chi connectivity index (χ0n) is 18.4. The number of nitrogens with zero attached hydrogens (tertiary/aromatic N) is 3. The van der Waals surface area contributed by atoms with E-state index in [1.165, 1.54) is 36.4 Å². The number of amides is 6. The van der Waals surface area contributed by atoms with Crippen LogP contribution in [0.1, 0.15) is 62.1 Å². The van der Waals surface area contributed by atoms with Crippen molar-refractivity contribution in [2.24, 2.45) is 0 Å². The second-order valence-electron chi connectivity index (χ2n) is 7.82. The fourth-order valence-corrected chi connectivity index (χ4v) is 4.90. The Morgan fingerprint density at radius 1 is 0.378 bits per heavy atom. The summed E-state index contributed by atoms with van der Waals surface area (Å²) in [6.07, 6.45) is 0. The van der Waals surface area contributed by atoms with Gasteiger partial charge in [-0.2, -0.15) is 13.9 Å². The van der Waals surface area contributed by atoms with Crippen molar-refractivity contribution in [3.63, 3.8) is 0 Å². The Labute approximate surface area is 208 Å². The van der Waals surface area contributed by atoms with E-state index >= 15 is 0 Å². The van der Waals surface area contributed by atoms with Crippen molar-refractivity contribution in [2.75, 3.05) is 0 Å². The number of carbonyl (C=O) groups is 6. The lowest BCUT2D eigenvalue weighted by Gasteiger charge is -2.25. The molecule has 0 atom stereocenters. The predicted molar refractivity (Wildman–Crippen MR) is 121 cm³/mol. The normalized spacial score (nSPS) is 16.3. The van der Waals surface area contributed by atoms with E-state index in [0.717, 1.165) is 0 Å². The third-order valence-corrected chi connectivity index (χ3v) is 6.61. The maximum Gasteiger partial charge on any atom is 0.405 e. The van der Waals surface area contributed by atoms with Crippen molar-refractivity contribution in [3.8, 4) is 0 Å². The van der Waals surface area contributed by atoms with Crippen LogP contribution in [0.4, 0.5) is 0 Å². The summed E-state index contributed by atoms with van der Waals surface area (Å²) in [7, 11) is -3.11. The first kappa shape index (κ1) is 22.8. The quantitative estimate of drug-likeness (QED) is 0.357. The molecule has 0 unspecified atom stereocenters. The summed E-state index contributed by atoms with van der Waals surface area (Å²) >= 11 is 0. The Morgan fingerprint density at radius 3 is 0.757 bits per heavy atom. The first-order valence-corrected chi connectivity index (χ1v) is 11.7. The number of benzene rings is 3. The summed E-state index contributed by atoms with van der Waals surface area (Å²) in [5, 5.41) is 0.978. The molecule has 0 spiro atoms. The van der Waals surface area contributed by atoms with Crippen molar-refractivity contribution < 1.29 is 42.6 Å². The Kier molecular flexibility index (Phi) is 5.25. The average molecular weight is 517 g/mol. The molecule has 37 heavy (non-hydrogen) atoms. The van der Waals surface area contributed by atoms with Crippen LogP contribution in [0.25, 0.3) is 0 Å². The number of rotatable bonds is 6. The maximum atomic E-state index is 12.8. The van der Waals surface area contributed by atoms with E-state index in [1.54, 1.807) is 36.4 Å². The van der Waals surface area contributed by atoms with Crippen molar-refractivity contribution in [1.82, 2.24) is 15.2 Å². The van der Waals surface area contributed by atoms with Gasteiger partial charge in [-0.25, -0.2) is 0 Å². The molecule has 3 heterocycles. The summed E-state index contributed by atoms with van der Waals surface area (Å²) in [6.45, 7) is 0. The molecule has 0 aliphatic carbocycles. The molecule has 0 bridgehead atoms. The molecular weight excluding hydrogens is 505 g/mol. The van der Waals surface area contributed by atoms with Gasteiger partial charge in [0.1, 0.15) is 0 Å². The predicted octanol–water partition coefficient (Wildman–Crippen LogP) is 2.90. The van der Waals surface area contributed by atoms with Crippen LogP contribution in [0, 0.1) is 0 Å². The molecule has 13 heteroatoms. The highest BCUT2D eigenvalue weighted by atomic mass is 31.2. The third-order valence-electron chi connectivity index (χ3n) is 5.72. The first-order chi connectivity index (χ1) is 17.9. The van der Waals surface area contributed by atoms with Crippen LogP contribution in [-0.4, -0.2) is 50.6 Å². The van der Waals surface area contributed by atoms with Crippen LogP contribution >= 0.6 is 8.60 Å². The molecule has 182 valence electrons.